The standard InChI is InChI=1S/C20H42O.K.H2O4S.H/c1-3-5-7-9-11-13-15-17-19-21-20-18-16-14-12-10-8-6-4-2;;1-5(2,3)4;/h3-20H2,1-2H3;;(H2,1,2,3,4);. The molecule has 0 aromatic heterocycles. The van der Waals surface area contributed by atoms with Crippen molar-refractivity contribution >= 4 is 61.8 Å². The number of hydrogen-bond acceptors (Lipinski definition) is 3. The van der Waals surface area contributed by atoms with E-state index in [1.54, 1.807) is 0 Å². The molecular formula is C20H45KO5S. The molecule has 0 aromatic carbocycles. The summed E-state index contributed by atoms with van der Waals surface area (Å²) in [5.74, 6) is 0. The molecule has 0 aromatic rings. The number of ether oxygens (including phenoxy) is 1. The summed E-state index contributed by atoms with van der Waals surface area (Å²) >= 11 is 0. The van der Waals surface area contributed by atoms with Gasteiger partial charge in [0.15, 0.2) is 0 Å². The van der Waals surface area contributed by atoms with E-state index in [9.17, 15) is 0 Å². The van der Waals surface area contributed by atoms with Crippen LogP contribution < -0.4 is 0 Å². The van der Waals surface area contributed by atoms with Gasteiger partial charge in [-0.05, 0) is 12.8 Å². The van der Waals surface area contributed by atoms with E-state index in [-0.39, 0.29) is 51.4 Å². The number of rotatable bonds is 18. The van der Waals surface area contributed by atoms with Crippen molar-refractivity contribution in [3.05, 3.63) is 0 Å². The van der Waals surface area contributed by atoms with Crippen LogP contribution in [0.2, 0.25) is 0 Å². The summed E-state index contributed by atoms with van der Waals surface area (Å²) in [7, 11) is -4.67. The molecule has 5 nitrogen and oxygen atoms in total. The Morgan fingerprint density at radius 2 is 0.778 bits per heavy atom. The van der Waals surface area contributed by atoms with Crippen LogP contribution in [-0.4, -0.2) is 82.1 Å². The Bertz CT molecular complexity index is 324. The van der Waals surface area contributed by atoms with Crippen molar-refractivity contribution in [2.75, 3.05) is 13.2 Å². The molecule has 0 bridgehead atoms. The van der Waals surface area contributed by atoms with Crippen molar-refractivity contribution in [3.63, 3.8) is 0 Å². The van der Waals surface area contributed by atoms with Crippen molar-refractivity contribution in [2.24, 2.45) is 0 Å². The molecule has 0 rings (SSSR count). The molecule has 0 aliphatic heterocycles. The number of unbranched alkanes of at least 4 members (excludes halogenated alkanes) is 14. The van der Waals surface area contributed by atoms with Gasteiger partial charge in [0.2, 0.25) is 0 Å². The minimum atomic E-state index is -4.67. The first kappa shape index (κ1) is 33.1. The third-order valence-electron chi connectivity index (χ3n) is 4.28. The number of hydrogen-bond donors (Lipinski definition) is 2. The van der Waals surface area contributed by atoms with Gasteiger partial charge in [-0.3, -0.25) is 9.11 Å². The Labute approximate surface area is 211 Å². The van der Waals surface area contributed by atoms with Gasteiger partial charge >= 0.3 is 61.8 Å². The average Bonchev–Trinajstić information content (AvgIpc) is 2.56. The fraction of sp³-hybridized carbons (Fsp3) is 1.00. The molecule has 0 heterocycles. The Balaban J connectivity index is -0.000000844. The summed E-state index contributed by atoms with van der Waals surface area (Å²) in [5, 5.41) is 0. The molecule has 2 N–H and O–H groups in total. The van der Waals surface area contributed by atoms with Crippen molar-refractivity contribution in [1.29, 1.82) is 0 Å². The second-order valence-electron chi connectivity index (χ2n) is 7.01. The third-order valence-corrected chi connectivity index (χ3v) is 4.28. The van der Waals surface area contributed by atoms with E-state index < -0.39 is 10.4 Å². The predicted molar refractivity (Wildman–Crippen MR) is 117 cm³/mol. The van der Waals surface area contributed by atoms with E-state index in [2.05, 4.69) is 13.8 Å². The van der Waals surface area contributed by atoms with Crippen LogP contribution in [0.15, 0.2) is 0 Å². The molecule has 0 aliphatic rings. The van der Waals surface area contributed by atoms with Crippen LogP contribution in [0.3, 0.4) is 0 Å². The van der Waals surface area contributed by atoms with Gasteiger partial charge in [-0.15, -0.1) is 0 Å². The van der Waals surface area contributed by atoms with Crippen molar-refractivity contribution < 1.29 is 22.3 Å². The van der Waals surface area contributed by atoms with Crippen LogP contribution in [-0.2, 0) is 15.1 Å². The Morgan fingerprint density at radius 3 is 1.04 bits per heavy atom. The maximum atomic E-state index is 8.74. The summed E-state index contributed by atoms with van der Waals surface area (Å²) in [6.07, 6.45) is 22.2. The Kier molecular flexibility index (Phi) is 33.7. The molecule has 0 fully saturated rings. The second-order valence-corrected chi connectivity index (χ2v) is 7.91. The molecule has 0 spiro atoms. The first-order chi connectivity index (χ1) is 12.4. The van der Waals surface area contributed by atoms with Crippen LogP contribution in [0.1, 0.15) is 117 Å². The summed E-state index contributed by atoms with van der Waals surface area (Å²) in [6.45, 7) is 6.55. The van der Waals surface area contributed by atoms with E-state index in [1.807, 2.05) is 0 Å². The van der Waals surface area contributed by atoms with Crippen molar-refractivity contribution in [2.45, 2.75) is 117 Å². The molecule has 162 valence electrons. The Hall–Kier alpha value is 1.47. The first-order valence-electron chi connectivity index (χ1n) is 10.7. The predicted octanol–water partition coefficient (Wildman–Crippen LogP) is 5.98. The molecule has 0 radical (unpaired) electrons. The zero-order chi connectivity index (χ0) is 19.9. The second kappa shape index (κ2) is 27.5. The van der Waals surface area contributed by atoms with E-state index in [0.717, 1.165) is 13.2 Å². The Morgan fingerprint density at radius 1 is 0.556 bits per heavy atom. The van der Waals surface area contributed by atoms with E-state index in [0.29, 0.717) is 0 Å². The maximum absolute atomic E-state index is 8.74. The van der Waals surface area contributed by atoms with Crippen LogP contribution in [0.4, 0.5) is 0 Å². The van der Waals surface area contributed by atoms with Gasteiger partial charge in [-0.1, -0.05) is 104 Å². The molecule has 0 atom stereocenters. The topological polar surface area (TPSA) is 83.8 Å². The normalized spacial score (nSPS) is 10.8. The van der Waals surface area contributed by atoms with Crippen molar-refractivity contribution in [3.8, 4) is 0 Å². The minimum absolute atomic E-state index is 0. The summed E-state index contributed by atoms with van der Waals surface area (Å²) in [6, 6.07) is 0. The SMILES string of the molecule is CCCCCCCCCCOCCCCCCCCCC.O=S(=O)(O)O.[KH]. The van der Waals surface area contributed by atoms with E-state index in [4.69, 9.17) is 22.3 Å². The van der Waals surface area contributed by atoms with Crippen LogP contribution in [0.25, 0.3) is 0 Å². The molecular weight excluding hydrogens is 391 g/mol. The van der Waals surface area contributed by atoms with Crippen LogP contribution in [0.5, 0.6) is 0 Å². The van der Waals surface area contributed by atoms with Gasteiger partial charge in [0.05, 0.1) is 0 Å². The van der Waals surface area contributed by atoms with Crippen LogP contribution in [0, 0.1) is 0 Å². The van der Waals surface area contributed by atoms with Crippen LogP contribution >= 0.6 is 0 Å². The van der Waals surface area contributed by atoms with Crippen molar-refractivity contribution in [1.82, 2.24) is 0 Å². The molecule has 7 heteroatoms. The van der Waals surface area contributed by atoms with Gasteiger partial charge < -0.3 is 4.74 Å². The van der Waals surface area contributed by atoms with Gasteiger partial charge in [0, 0.05) is 13.2 Å². The molecule has 0 unspecified atom stereocenters. The van der Waals surface area contributed by atoms with Gasteiger partial charge in [0.25, 0.3) is 0 Å². The molecule has 0 amide bonds. The quantitative estimate of drug-likeness (QED) is 0.157. The third kappa shape index (κ3) is 47.0. The molecule has 27 heavy (non-hydrogen) atoms. The average molecular weight is 437 g/mol. The first-order valence-corrected chi connectivity index (χ1v) is 12.1. The van der Waals surface area contributed by atoms with E-state index >= 15 is 0 Å². The van der Waals surface area contributed by atoms with Gasteiger partial charge in [-0.2, -0.15) is 8.42 Å². The molecule has 0 aliphatic carbocycles. The zero-order valence-corrected chi connectivity index (χ0v) is 18.1. The van der Waals surface area contributed by atoms with E-state index in [1.165, 1.54) is 103 Å². The van der Waals surface area contributed by atoms with Gasteiger partial charge in [-0.25, -0.2) is 0 Å². The monoisotopic (exact) mass is 436 g/mol. The summed E-state index contributed by atoms with van der Waals surface area (Å²) in [4.78, 5) is 0. The molecule has 0 saturated heterocycles. The summed E-state index contributed by atoms with van der Waals surface area (Å²) in [5.41, 5.74) is 0. The zero-order valence-electron chi connectivity index (χ0n) is 17.3. The van der Waals surface area contributed by atoms with Gasteiger partial charge in [0.1, 0.15) is 0 Å². The molecule has 0 saturated carbocycles. The summed E-state index contributed by atoms with van der Waals surface area (Å²) < 4.78 is 37.3. The fourth-order valence-electron chi connectivity index (χ4n) is 2.78. The fourth-order valence-corrected chi connectivity index (χ4v) is 2.78.